The summed E-state index contributed by atoms with van der Waals surface area (Å²) in [5, 5.41) is 6.44. The van der Waals surface area contributed by atoms with Crippen LogP contribution in [0.15, 0.2) is 44.7 Å². The summed E-state index contributed by atoms with van der Waals surface area (Å²) in [7, 11) is 0. The minimum absolute atomic E-state index is 0.336. The van der Waals surface area contributed by atoms with Crippen molar-refractivity contribution in [1.29, 1.82) is 0 Å². The largest absolute Gasteiger partial charge is 0.380 e. The molecule has 0 aliphatic rings. The molecule has 0 spiro atoms. The molecule has 2 heterocycles. The number of benzene rings is 1. The molecule has 0 saturated carbocycles. The van der Waals surface area contributed by atoms with Gasteiger partial charge in [-0.1, -0.05) is 35.0 Å². The number of nitrogens with zero attached hydrogens (tertiary/aromatic N) is 1. The Morgan fingerprint density at radius 2 is 2.05 bits per heavy atom. The van der Waals surface area contributed by atoms with Crippen molar-refractivity contribution in [2.45, 2.75) is 0 Å². The lowest BCUT2D eigenvalue weighted by molar-refractivity contribution is 0.437. The van der Waals surface area contributed by atoms with Gasteiger partial charge in [-0.3, -0.25) is 0 Å². The van der Waals surface area contributed by atoms with Gasteiger partial charge in [-0.05, 0) is 33.4 Å². The highest BCUT2D eigenvalue weighted by molar-refractivity contribution is 9.10. The molecule has 0 atom stereocenters. The van der Waals surface area contributed by atoms with Gasteiger partial charge in [-0.2, -0.15) is 0 Å². The molecule has 3 rings (SSSR count). The smallest absolute Gasteiger partial charge is 0.188 e. The number of hydrogen-bond acceptors (Lipinski definition) is 4. The van der Waals surface area contributed by atoms with E-state index in [4.69, 9.17) is 21.9 Å². The average molecular weight is 356 g/mol. The standard InChI is InChI=1S/C13H8BrClN2OS/c14-8-5-6-19-12(8)11-10(13(16)17-18-11)7-3-1-2-4-9(7)15/h1-6H,(H2,16,17). The van der Waals surface area contributed by atoms with Crippen molar-refractivity contribution in [3.63, 3.8) is 0 Å². The van der Waals surface area contributed by atoms with E-state index in [0.717, 1.165) is 20.5 Å². The third-order valence-corrected chi connectivity index (χ3v) is 4.85. The number of anilines is 1. The van der Waals surface area contributed by atoms with Crippen LogP contribution in [0.5, 0.6) is 0 Å². The summed E-state index contributed by atoms with van der Waals surface area (Å²) >= 11 is 11.3. The number of aromatic nitrogens is 1. The topological polar surface area (TPSA) is 52.0 Å². The molecular weight excluding hydrogens is 348 g/mol. The van der Waals surface area contributed by atoms with Crippen LogP contribution in [0.25, 0.3) is 21.8 Å². The molecule has 0 bridgehead atoms. The predicted octanol–water partition coefficient (Wildman–Crippen LogP) is 5.07. The Hall–Kier alpha value is -1.30. The third-order valence-electron chi connectivity index (χ3n) is 2.69. The maximum atomic E-state index is 6.23. The van der Waals surface area contributed by atoms with E-state index < -0.39 is 0 Å². The first-order chi connectivity index (χ1) is 9.18. The van der Waals surface area contributed by atoms with Gasteiger partial charge < -0.3 is 10.3 Å². The number of halogens is 2. The van der Waals surface area contributed by atoms with Gasteiger partial charge in [0.15, 0.2) is 11.6 Å². The fourth-order valence-electron chi connectivity index (χ4n) is 1.84. The molecule has 0 aliphatic heterocycles. The van der Waals surface area contributed by atoms with Gasteiger partial charge >= 0.3 is 0 Å². The molecule has 6 heteroatoms. The van der Waals surface area contributed by atoms with Crippen molar-refractivity contribution >= 4 is 44.7 Å². The van der Waals surface area contributed by atoms with Crippen LogP contribution >= 0.6 is 38.9 Å². The molecule has 3 nitrogen and oxygen atoms in total. The SMILES string of the molecule is Nc1noc(-c2sccc2Br)c1-c1ccccc1Cl. The summed E-state index contributed by atoms with van der Waals surface area (Å²) in [5.74, 6) is 0.968. The van der Waals surface area contributed by atoms with E-state index in [1.807, 2.05) is 35.7 Å². The van der Waals surface area contributed by atoms with Gasteiger partial charge in [-0.25, -0.2) is 0 Å². The van der Waals surface area contributed by atoms with Gasteiger partial charge in [0.1, 0.15) is 0 Å². The summed E-state index contributed by atoms with van der Waals surface area (Å²) in [6.07, 6.45) is 0. The second-order valence-corrected chi connectivity index (χ2v) is 6.03. The molecular formula is C13H8BrClN2OS. The second-order valence-electron chi connectivity index (χ2n) is 3.85. The molecule has 2 N–H and O–H groups in total. The maximum Gasteiger partial charge on any atom is 0.188 e. The molecule has 0 aliphatic carbocycles. The summed E-state index contributed by atoms with van der Waals surface area (Å²) in [6, 6.07) is 9.44. The number of hydrogen-bond donors (Lipinski definition) is 1. The minimum Gasteiger partial charge on any atom is -0.380 e. The van der Waals surface area contributed by atoms with Crippen LogP contribution in [0.2, 0.25) is 5.02 Å². The van der Waals surface area contributed by atoms with Crippen LogP contribution in [-0.2, 0) is 0 Å². The highest BCUT2D eigenvalue weighted by atomic mass is 79.9. The lowest BCUT2D eigenvalue weighted by Crippen LogP contribution is -1.89. The monoisotopic (exact) mass is 354 g/mol. The van der Waals surface area contributed by atoms with Gasteiger partial charge in [-0.15, -0.1) is 11.3 Å². The normalized spacial score (nSPS) is 10.8. The van der Waals surface area contributed by atoms with Crippen LogP contribution in [0.4, 0.5) is 5.82 Å². The Balaban J connectivity index is 2.26. The first-order valence-corrected chi connectivity index (χ1v) is 7.47. The Morgan fingerprint density at radius 3 is 2.74 bits per heavy atom. The van der Waals surface area contributed by atoms with Crippen molar-refractivity contribution in [2.24, 2.45) is 0 Å². The van der Waals surface area contributed by atoms with Crippen molar-refractivity contribution < 1.29 is 4.52 Å². The van der Waals surface area contributed by atoms with Crippen LogP contribution in [0.3, 0.4) is 0 Å². The predicted molar refractivity (Wildman–Crippen MR) is 82.4 cm³/mol. The first-order valence-electron chi connectivity index (χ1n) is 5.42. The Bertz CT molecular complexity index is 738. The Kier molecular flexibility index (Phi) is 3.35. The summed E-state index contributed by atoms with van der Waals surface area (Å²) in [6.45, 7) is 0. The molecule has 1 aromatic carbocycles. The molecule has 0 amide bonds. The van der Waals surface area contributed by atoms with Gasteiger partial charge in [0, 0.05) is 15.1 Å². The average Bonchev–Trinajstić information content (AvgIpc) is 2.96. The molecule has 96 valence electrons. The lowest BCUT2D eigenvalue weighted by atomic mass is 10.1. The first kappa shape index (κ1) is 12.7. The number of nitrogen functional groups attached to an aromatic ring is 1. The third kappa shape index (κ3) is 2.18. The molecule has 2 aromatic heterocycles. The Morgan fingerprint density at radius 1 is 1.26 bits per heavy atom. The van der Waals surface area contributed by atoms with E-state index in [-0.39, 0.29) is 0 Å². The van der Waals surface area contributed by atoms with Crippen molar-refractivity contribution in [3.8, 4) is 21.8 Å². The fourth-order valence-corrected chi connectivity index (χ4v) is 3.60. The molecule has 3 aromatic rings. The Labute approximate surface area is 127 Å². The summed E-state index contributed by atoms with van der Waals surface area (Å²) < 4.78 is 6.32. The zero-order valence-corrected chi connectivity index (χ0v) is 12.7. The van der Waals surface area contributed by atoms with Crippen LogP contribution < -0.4 is 5.73 Å². The van der Waals surface area contributed by atoms with Crippen molar-refractivity contribution in [3.05, 3.63) is 45.2 Å². The highest BCUT2D eigenvalue weighted by Crippen LogP contribution is 2.43. The molecule has 19 heavy (non-hydrogen) atoms. The van der Waals surface area contributed by atoms with Crippen LogP contribution in [-0.4, -0.2) is 5.16 Å². The van der Waals surface area contributed by atoms with Crippen LogP contribution in [0.1, 0.15) is 0 Å². The minimum atomic E-state index is 0.336. The zero-order valence-electron chi connectivity index (χ0n) is 9.56. The molecule has 0 unspecified atom stereocenters. The number of thiophene rings is 1. The number of rotatable bonds is 2. The quantitative estimate of drug-likeness (QED) is 0.698. The fraction of sp³-hybridized carbons (Fsp3) is 0. The zero-order chi connectivity index (χ0) is 13.4. The van der Waals surface area contributed by atoms with E-state index in [9.17, 15) is 0 Å². The number of nitrogens with two attached hydrogens (primary N) is 1. The second kappa shape index (κ2) is 5.00. The van der Waals surface area contributed by atoms with E-state index in [1.165, 1.54) is 0 Å². The van der Waals surface area contributed by atoms with Gasteiger partial charge in [0.25, 0.3) is 0 Å². The van der Waals surface area contributed by atoms with Crippen molar-refractivity contribution in [2.75, 3.05) is 5.73 Å². The van der Waals surface area contributed by atoms with Crippen LogP contribution in [0, 0.1) is 0 Å². The van der Waals surface area contributed by atoms with E-state index >= 15 is 0 Å². The molecule has 0 fully saturated rings. The van der Waals surface area contributed by atoms with Gasteiger partial charge in [0.05, 0.1) is 10.4 Å². The highest BCUT2D eigenvalue weighted by Gasteiger charge is 2.21. The maximum absolute atomic E-state index is 6.23. The molecule has 0 radical (unpaired) electrons. The van der Waals surface area contributed by atoms with E-state index in [0.29, 0.717) is 16.6 Å². The lowest BCUT2D eigenvalue weighted by Gasteiger charge is -2.04. The summed E-state index contributed by atoms with van der Waals surface area (Å²) in [4.78, 5) is 0.944. The van der Waals surface area contributed by atoms with E-state index in [1.54, 1.807) is 11.3 Å². The summed E-state index contributed by atoms with van der Waals surface area (Å²) in [5.41, 5.74) is 7.47. The van der Waals surface area contributed by atoms with Gasteiger partial charge in [0.2, 0.25) is 0 Å². The van der Waals surface area contributed by atoms with E-state index in [2.05, 4.69) is 21.1 Å². The molecule has 0 saturated heterocycles. The van der Waals surface area contributed by atoms with Crippen molar-refractivity contribution in [1.82, 2.24) is 5.16 Å².